The third-order valence-electron chi connectivity index (χ3n) is 6.31. The Bertz CT molecular complexity index is 862. The summed E-state index contributed by atoms with van der Waals surface area (Å²) in [6.45, 7) is 2.79. The van der Waals surface area contributed by atoms with Crippen molar-refractivity contribution in [3.8, 4) is 0 Å². The number of likely N-dealkylation sites (tertiary alicyclic amines) is 1. The monoisotopic (exact) mass is 433 g/mol. The number of carbonyl (C=O) groups is 1. The van der Waals surface area contributed by atoms with Crippen LogP contribution in [0, 0.1) is 0 Å². The molecular formula is C24H30F3N3O. The molecule has 2 aromatic rings. The summed E-state index contributed by atoms with van der Waals surface area (Å²) in [4.78, 5) is 15.4. The molecule has 1 fully saturated rings. The number of amides is 1. The molecule has 2 N–H and O–H groups in total. The Hall–Kier alpha value is -2.38. The van der Waals surface area contributed by atoms with Crippen LogP contribution in [-0.2, 0) is 12.0 Å². The molecule has 1 aliphatic heterocycles. The normalized spacial score (nSPS) is 17.8. The number of benzene rings is 2. The van der Waals surface area contributed by atoms with Gasteiger partial charge in [0.05, 0.1) is 6.54 Å². The van der Waals surface area contributed by atoms with Crippen LogP contribution in [0.15, 0.2) is 54.6 Å². The number of nitrogens with one attached hydrogen (secondary N) is 2. The average Bonchev–Trinajstić information content (AvgIpc) is 2.74. The molecule has 31 heavy (non-hydrogen) atoms. The van der Waals surface area contributed by atoms with E-state index in [-0.39, 0.29) is 23.9 Å². The Kier molecular flexibility index (Phi) is 7.38. The van der Waals surface area contributed by atoms with Crippen molar-refractivity contribution < 1.29 is 18.0 Å². The second-order valence-electron chi connectivity index (χ2n) is 8.40. The van der Waals surface area contributed by atoms with E-state index in [4.69, 9.17) is 0 Å². The Labute approximate surface area is 181 Å². The zero-order valence-corrected chi connectivity index (χ0v) is 18.0. The second-order valence-corrected chi connectivity index (χ2v) is 8.40. The quantitative estimate of drug-likeness (QED) is 0.691. The molecule has 0 aromatic heterocycles. The number of hydrogen-bond donors (Lipinski definition) is 2. The number of rotatable bonds is 7. The number of hydrogen-bond acceptors (Lipinski definition) is 3. The molecule has 1 heterocycles. The lowest BCUT2D eigenvalue weighted by Crippen LogP contribution is -2.54. The van der Waals surface area contributed by atoms with Gasteiger partial charge < -0.3 is 15.5 Å². The lowest BCUT2D eigenvalue weighted by atomic mass is 9.68. The van der Waals surface area contributed by atoms with Crippen LogP contribution in [0.2, 0.25) is 0 Å². The van der Waals surface area contributed by atoms with Crippen molar-refractivity contribution in [2.45, 2.75) is 43.9 Å². The predicted octanol–water partition coefficient (Wildman–Crippen LogP) is 4.12. The fourth-order valence-corrected chi connectivity index (χ4v) is 4.41. The largest absolute Gasteiger partial charge is 0.401 e. The lowest BCUT2D eigenvalue weighted by molar-refractivity contribution is -0.125. The van der Waals surface area contributed by atoms with E-state index >= 15 is 0 Å². The number of carbonyl (C=O) groups excluding carboxylic acids is 1. The molecule has 0 radical (unpaired) electrons. The van der Waals surface area contributed by atoms with E-state index in [1.54, 1.807) is 24.3 Å². The molecule has 0 unspecified atom stereocenters. The summed E-state index contributed by atoms with van der Waals surface area (Å²) in [7, 11) is 2.10. The Morgan fingerprint density at radius 3 is 2.32 bits per heavy atom. The van der Waals surface area contributed by atoms with Gasteiger partial charge in [-0.15, -0.1) is 0 Å². The standard InChI is InChI=1S/C24H30F3N3O/c1-18(23(12-14-30(2)15-13-23)20-9-4-3-5-10-20)29-22(31)21-11-7-6-8-19(21)16-28-17-24(25,26)27/h3-11,18,28H,12-17H2,1-2H3,(H,29,31)/t18-/m0/s1. The molecule has 3 rings (SSSR count). The molecule has 0 spiro atoms. The summed E-state index contributed by atoms with van der Waals surface area (Å²) < 4.78 is 37.4. The van der Waals surface area contributed by atoms with Crippen molar-refractivity contribution in [2.24, 2.45) is 0 Å². The summed E-state index contributed by atoms with van der Waals surface area (Å²) in [5.74, 6) is -0.258. The SMILES string of the molecule is C[C@H](NC(=O)c1ccccc1CNCC(F)(F)F)C1(c2ccccc2)CCN(C)CC1. The maximum Gasteiger partial charge on any atom is 0.401 e. The lowest BCUT2D eigenvalue weighted by Gasteiger charge is -2.45. The molecule has 0 saturated carbocycles. The summed E-state index contributed by atoms with van der Waals surface area (Å²) in [6.07, 6.45) is -2.45. The maximum absolute atomic E-state index is 13.1. The van der Waals surface area contributed by atoms with Crippen LogP contribution in [0.1, 0.15) is 41.3 Å². The van der Waals surface area contributed by atoms with Crippen molar-refractivity contribution >= 4 is 5.91 Å². The highest BCUT2D eigenvalue weighted by Gasteiger charge is 2.41. The van der Waals surface area contributed by atoms with Crippen LogP contribution in [0.3, 0.4) is 0 Å². The van der Waals surface area contributed by atoms with Gasteiger partial charge in [-0.1, -0.05) is 48.5 Å². The molecule has 0 aliphatic carbocycles. The van der Waals surface area contributed by atoms with E-state index in [0.29, 0.717) is 11.1 Å². The van der Waals surface area contributed by atoms with Gasteiger partial charge in [-0.05, 0) is 57.1 Å². The molecule has 1 saturated heterocycles. The first kappa shape index (κ1) is 23.3. The number of alkyl halides is 3. The molecule has 1 amide bonds. The van der Waals surface area contributed by atoms with E-state index in [1.165, 1.54) is 5.56 Å². The number of piperidine rings is 1. The second kappa shape index (κ2) is 9.83. The van der Waals surface area contributed by atoms with Gasteiger partial charge in [-0.3, -0.25) is 4.79 Å². The van der Waals surface area contributed by atoms with Crippen LogP contribution in [0.25, 0.3) is 0 Å². The number of halogens is 3. The average molecular weight is 434 g/mol. The van der Waals surface area contributed by atoms with Crippen LogP contribution >= 0.6 is 0 Å². The van der Waals surface area contributed by atoms with E-state index in [0.717, 1.165) is 25.9 Å². The highest BCUT2D eigenvalue weighted by Crippen LogP contribution is 2.38. The van der Waals surface area contributed by atoms with Gasteiger partial charge in [0.15, 0.2) is 0 Å². The van der Waals surface area contributed by atoms with E-state index < -0.39 is 12.7 Å². The van der Waals surface area contributed by atoms with Crippen LogP contribution in [0.5, 0.6) is 0 Å². The van der Waals surface area contributed by atoms with Gasteiger partial charge in [0.1, 0.15) is 0 Å². The predicted molar refractivity (Wildman–Crippen MR) is 116 cm³/mol. The molecule has 168 valence electrons. The van der Waals surface area contributed by atoms with Crippen molar-refractivity contribution in [1.29, 1.82) is 0 Å². The summed E-state index contributed by atoms with van der Waals surface area (Å²) in [5.41, 5.74) is 1.97. The molecule has 4 nitrogen and oxygen atoms in total. The first-order chi connectivity index (χ1) is 14.7. The van der Waals surface area contributed by atoms with Gasteiger partial charge in [-0.25, -0.2) is 0 Å². The van der Waals surface area contributed by atoms with Crippen molar-refractivity contribution in [2.75, 3.05) is 26.7 Å². The Morgan fingerprint density at radius 1 is 1.06 bits per heavy atom. The van der Waals surface area contributed by atoms with Crippen LogP contribution in [-0.4, -0.2) is 49.7 Å². The minimum absolute atomic E-state index is 0.0217. The molecular weight excluding hydrogens is 403 g/mol. The van der Waals surface area contributed by atoms with E-state index in [2.05, 4.69) is 34.7 Å². The van der Waals surface area contributed by atoms with Gasteiger partial charge in [-0.2, -0.15) is 13.2 Å². The summed E-state index contributed by atoms with van der Waals surface area (Å²) in [5, 5.41) is 5.54. The van der Waals surface area contributed by atoms with Gasteiger partial charge in [0, 0.05) is 23.6 Å². The van der Waals surface area contributed by atoms with E-state index in [9.17, 15) is 18.0 Å². The Morgan fingerprint density at radius 2 is 1.68 bits per heavy atom. The van der Waals surface area contributed by atoms with E-state index in [1.807, 2.05) is 25.1 Å². The topological polar surface area (TPSA) is 44.4 Å². The van der Waals surface area contributed by atoms with Gasteiger partial charge in [0.25, 0.3) is 5.91 Å². The van der Waals surface area contributed by atoms with Crippen LogP contribution in [0.4, 0.5) is 13.2 Å². The number of nitrogens with zero attached hydrogens (tertiary/aromatic N) is 1. The van der Waals surface area contributed by atoms with Crippen molar-refractivity contribution in [1.82, 2.24) is 15.5 Å². The zero-order valence-electron chi connectivity index (χ0n) is 18.0. The first-order valence-electron chi connectivity index (χ1n) is 10.6. The minimum Gasteiger partial charge on any atom is -0.349 e. The third-order valence-corrected chi connectivity index (χ3v) is 6.31. The van der Waals surface area contributed by atoms with Crippen LogP contribution < -0.4 is 10.6 Å². The molecule has 2 aromatic carbocycles. The van der Waals surface area contributed by atoms with Crippen molar-refractivity contribution in [3.05, 3.63) is 71.3 Å². The first-order valence-corrected chi connectivity index (χ1v) is 10.6. The van der Waals surface area contributed by atoms with Crippen molar-refractivity contribution in [3.63, 3.8) is 0 Å². The fraction of sp³-hybridized carbons (Fsp3) is 0.458. The smallest absolute Gasteiger partial charge is 0.349 e. The molecule has 7 heteroatoms. The Balaban J connectivity index is 1.77. The fourth-order valence-electron chi connectivity index (χ4n) is 4.41. The summed E-state index contributed by atoms with van der Waals surface area (Å²) >= 11 is 0. The molecule has 1 aliphatic rings. The van der Waals surface area contributed by atoms with Gasteiger partial charge in [0.2, 0.25) is 0 Å². The minimum atomic E-state index is -4.29. The maximum atomic E-state index is 13.1. The molecule has 1 atom stereocenters. The third kappa shape index (κ3) is 5.86. The van der Waals surface area contributed by atoms with Gasteiger partial charge >= 0.3 is 6.18 Å². The highest BCUT2D eigenvalue weighted by atomic mass is 19.4. The molecule has 0 bridgehead atoms. The highest BCUT2D eigenvalue weighted by molar-refractivity contribution is 5.96. The summed E-state index contributed by atoms with van der Waals surface area (Å²) in [6, 6.07) is 16.9. The zero-order chi connectivity index (χ0) is 22.5.